The monoisotopic (exact) mass is 478 g/mol. The van der Waals surface area contributed by atoms with Crippen molar-refractivity contribution in [2.45, 2.75) is 26.2 Å². The third kappa shape index (κ3) is 5.29. The molecular formula is C24H23ClN6OS. The van der Waals surface area contributed by atoms with E-state index in [1.165, 1.54) is 12.8 Å². The van der Waals surface area contributed by atoms with Crippen LogP contribution >= 0.6 is 22.9 Å². The van der Waals surface area contributed by atoms with E-state index in [9.17, 15) is 0 Å². The SMILES string of the molecule is CCCNc1ncc(-c2cc(-c3ccc(OCC4CC4)cc3Cl)nc(-c3cnccn3)n2)s1. The Hall–Kier alpha value is -3.10. The Morgan fingerprint density at radius 2 is 1.94 bits per heavy atom. The lowest BCUT2D eigenvalue weighted by Gasteiger charge is -2.11. The summed E-state index contributed by atoms with van der Waals surface area (Å²) in [5.41, 5.74) is 2.86. The molecule has 3 heterocycles. The van der Waals surface area contributed by atoms with Gasteiger partial charge in [0.25, 0.3) is 0 Å². The highest BCUT2D eigenvalue weighted by Crippen LogP contribution is 2.36. The van der Waals surface area contributed by atoms with Gasteiger partial charge in [-0.1, -0.05) is 29.9 Å². The van der Waals surface area contributed by atoms with Crippen LogP contribution in [-0.4, -0.2) is 38.1 Å². The Kier molecular flexibility index (Phi) is 6.46. The van der Waals surface area contributed by atoms with Gasteiger partial charge in [-0.15, -0.1) is 0 Å². The largest absolute Gasteiger partial charge is 0.493 e. The van der Waals surface area contributed by atoms with E-state index in [4.69, 9.17) is 26.3 Å². The topological polar surface area (TPSA) is 85.7 Å². The van der Waals surface area contributed by atoms with Crippen LogP contribution in [0.4, 0.5) is 5.13 Å². The molecule has 0 amide bonds. The van der Waals surface area contributed by atoms with Gasteiger partial charge in [-0.25, -0.2) is 19.9 Å². The number of hydrogen-bond acceptors (Lipinski definition) is 8. The third-order valence-electron chi connectivity index (χ3n) is 5.20. The predicted molar refractivity (Wildman–Crippen MR) is 132 cm³/mol. The molecule has 1 aliphatic carbocycles. The summed E-state index contributed by atoms with van der Waals surface area (Å²) in [6, 6.07) is 7.66. The highest BCUT2D eigenvalue weighted by molar-refractivity contribution is 7.18. The van der Waals surface area contributed by atoms with Gasteiger partial charge in [-0.3, -0.25) is 4.98 Å². The highest BCUT2D eigenvalue weighted by Gasteiger charge is 2.22. The van der Waals surface area contributed by atoms with E-state index in [0.717, 1.165) is 46.6 Å². The molecule has 1 aliphatic rings. The number of halogens is 1. The standard InChI is InChI=1S/C24H23ClN6OS/c1-2-7-28-24-29-13-22(33-24)20-11-19(30-23(31-20)21-12-26-8-9-27-21)17-6-5-16(10-18(17)25)32-14-15-3-4-15/h5-6,8-13,15H,2-4,7,14H2,1H3,(H,28,29). The van der Waals surface area contributed by atoms with Crippen molar-refractivity contribution in [2.75, 3.05) is 18.5 Å². The Labute approximate surface area is 201 Å². The molecule has 7 nitrogen and oxygen atoms in total. The quantitative estimate of drug-likeness (QED) is 0.316. The van der Waals surface area contributed by atoms with E-state index in [1.807, 2.05) is 30.5 Å². The van der Waals surface area contributed by atoms with Gasteiger partial charge in [0.05, 0.1) is 34.1 Å². The molecule has 3 aromatic heterocycles. The van der Waals surface area contributed by atoms with E-state index in [0.29, 0.717) is 28.2 Å². The summed E-state index contributed by atoms with van der Waals surface area (Å²) < 4.78 is 5.87. The van der Waals surface area contributed by atoms with Gasteiger partial charge in [0.1, 0.15) is 11.4 Å². The molecule has 0 radical (unpaired) electrons. The van der Waals surface area contributed by atoms with E-state index in [2.05, 4.69) is 27.2 Å². The summed E-state index contributed by atoms with van der Waals surface area (Å²) >= 11 is 8.22. The normalized spacial score (nSPS) is 13.2. The first-order valence-electron chi connectivity index (χ1n) is 11.0. The lowest BCUT2D eigenvalue weighted by atomic mass is 10.1. The lowest BCUT2D eigenvalue weighted by Crippen LogP contribution is -2.00. The van der Waals surface area contributed by atoms with Crippen LogP contribution in [0.5, 0.6) is 5.75 Å². The summed E-state index contributed by atoms with van der Waals surface area (Å²) in [5, 5.41) is 4.76. The first kappa shape index (κ1) is 21.7. The number of ether oxygens (including phenoxy) is 1. The molecule has 1 saturated carbocycles. The van der Waals surface area contributed by atoms with E-state index >= 15 is 0 Å². The zero-order chi connectivity index (χ0) is 22.6. The maximum absolute atomic E-state index is 6.66. The van der Waals surface area contributed by atoms with Crippen molar-refractivity contribution in [1.29, 1.82) is 0 Å². The molecule has 1 aromatic carbocycles. The zero-order valence-corrected chi connectivity index (χ0v) is 19.7. The Morgan fingerprint density at radius 1 is 1.06 bits per heavy atom. The Balaban J connectivity index is 1.52. The molecule has 0 unspecified atom stereocenters. The maximum Gasteiger partial charge on any atom is 0.183 e. The van der Waals surface area contributed by atoms with Crippen LogP contribution in [0.15, 0.2) is 49.1 Å². The van der Waals surface area contributed by atoms with Gasteiger partial charge >= 0.3 is 0 Å². The van der Waals surface area contributed by atoms with Gasteiger partial charge in [0, 0.05) is 30.7 Å². The van der Waals surface area contributed by atoms with Crippen LogP contribution in [0.25, 0.3) is 33.3 Å². The van der Waals surface area contributed by atoms with E-state index in [1.54, 1.807) is 29.9 Å². The molecule has 0 aliphatic heterocycles. The van der Waals surface area contributed by atoms with Gasteiger partial charge in [-0.2, -0.15) is 0 Å². The number of anilines is 1. The summed E-state index contributed by atoms with van der Waals surface area (Å²) in [4.78, 5) is 23.5. The average Bonchev–Trinajstić information content (AvgIpc) is 3.56. The summed E-state index contributed by atoms with van der Waals surface area (Å²) in [6.07, 6.45) is 10.2. The predicted octanol–water partition coefficient (Wildman–Crippen LogP) is 5.99. The van der Waals surface area contributed by atoms with E-state index in [-0.39, 0.29) is 0 Å². The van der Waals surface area contributed by atoms with Gasteiger partial charge in [-0.05, 0) is 49.4 Å². The van der Waals surface area contributed by atoms with Gasteiger partial charge in [0.15, 0.2) is 11.0 Å². The smallest absolute Gasteiger partial charge is 0.183 e. The molecule has 0 bridgehead atoms. The minimum Gasteiger partial charge on any atom is -0.493 e. The molecule has 1 fully saturated rings. The van der Waals surface area contributed by atoms with Gasteiger partial charge < -0.3 is 10.1 Å². The Bertz CT molecular complexity index is 1240. The second kappa shape index (κ2) is 9.80. The number of thiazole rings is 1. The van der Waals surface area contributed by atoms with Crippen molar-refractivity contribution >= 4 is 28.1 Å². The number of rotatable bonds is 9. The van der Waals surface area contributed by atoms with Crippen LogP contribution in [0.3, 0.4) is 0 Å². The zero-order valence-electron chi connectivity index (χ0n) is 18.2. The number of nitrogens with one attached hydrogen (secondary N) is 1. The van der Waals surface area contributed by atoms with Crippen molar-refractivity contribution in [1.82, 2.24) is 24.9 Å². The van der Waals surface area contributed by atoms with E-state index < -0.39 is 0 Å². The summed E-state index contributed by atoms with van der Waals surface area (Å²) in [6.45, 7) is 3.74. The molecule has 5 rings (SSSR count). The number of nitrogens with zero attached hydrogens (tertiary/aromatic N) is 5. The lowest BCUT2D eigenvalue weighted by molar-refractivity contribution is 0.300. The van der Waals surface area contributed by atoms with Crippen molar-refractivity contribution in [3.05, 3.63) is 54.1 Å². The van der Waals surface area contributed by atoms with Crippen molar-refractivity contribution in [2.24, 2.45) is 5.92 Å². The number of aromatic nitrogens is 5. The van der Waals surface area contributed by atoms with Crippen LogP contribution in [0.2, 0.25) is 5.02 Å². The summed E-state index contributed by atoms with van der Waals surface area (Å²) in [7, 11) is 0. The molecular weight excluding hydrogens is 456 g/mol. The molecule has 0 saturated heterocycles. The van der Waals surface area contributed by atoms with Gasteiger partial charge in [0.2, 0.25) is 0 Å². The maximum atomic E-state index is 6.66. The minimum atomic E-state index is 0.484. The second-order valence-electron chi connectivity index (χ2n) is 7.91. The van der Waals surface area contributed by atoms with Crippen LogP contribution in [-0.2, 0) is 0 Å². The number of benzene rings is 1. The van der Waals surface area contributed by atoms with Crippen molar-refractivity contribution in [3.8, 4) is 39.1 Å². The fourth-order valence-electron chi connectivity index (χ4n) is 3.24. The average molecular weight is 479 g/mol. The molecule has 33 heavy (non-hydrogen) atoms. The molecule has 168 valence electrons. The second-order valence-corrected chi connectivity index (χ2v) is 9.34. The summed E-state index contributed by atoms with van der Waals surface area (Å²) in [5.74, 6) is 1.93. The first-order chi connectivity index (χ1) is 16.2. The first-order valence-corrected chi connectivity index (χ1v) is 12.2. The number of hydrogen-bond donors (Lipinski definition) is 1. The molecule has 0 atom stereocenters. The van der Waals surface area contributed by atoms with Crippen LogP contribution in [0.1, 0.15) is 26.2 Å². The van der Waals surface area contributed by atoms with Crippen LogP contribution in [0, 0.1) is 5.92 Å². The third-order valence-corrected chi connectivity index (χ3v) is 6.49. The van der Waals surface area contributed by atoms with Crippen LogP contribution < -0.4 is 10.1 Å². The fourth-order valence-corrected chi connectivity index (χ4v) is 4.31. The Morgan fingerprint density at radius 3 is 2.70 bits per heavy atom. The molecule has 4 aromatic rings. The van der Waals surface area contributed by atoms with Crippen molar-refractivity contribution < 1.29 is 4.74 Å². The molecule has 0 spiro atoms. The minimum absolute atomic E-state index is 0.484. The molecule has 1 N–H and O–H groups in total. The van der Waals surface area contributed by atoms with Crippen molar-refractivity contribution in [3.63, 3.8) is 0 Å². The highest BCUT2D eigenvalue weighted by atomic mass is 35.5. The molecule has 9 heteroatoms. The fraction of sp³-hybridized carbons (Fsp3) is 0.292.